The predicted molar refractivity (Wildman–Crippen MR) is 66.5 cm³/mol. The predicted octanol–water partition coefficient (Wildman–Crippen LogP) is 3.59. The third-order valence-electron chi connectivity index (χ3n) is 2.47. The topological polar surface area (TPSA) is 39.6 Å². The Morgan fingerprint density at radius 1 is 1.25 bits per heavy atom. The van der Waals surface area contributed by atoms with Gasteiger partial charge in [0, 0.05) is 22.5 Å². The second-order valence-electron chi connectivity index (χ2n) is 3.56. The molecule has 0 bridgehead atoms. The average Bonchev–Trinajstić information content (AvgIpc) is 2.30. The van der Waals surface area contributed by atoms with Crippen LogP contribution in [0.1, 0.15) is 11.1 Å². The van der Waals surface area contributed by atoms with E-state index >= 15 is 0 Å². The lowest BCUT2D eigenvalue weighted by molar-refractivity contribution is 1.31. The fourth-order valence-corrected chi connectivity index (χ4v) is 1.90. The van der Waals surface area contributed by atoms with Gasteiger partial charge in [-0.25, -0.2) is 0 Å². The molecule has 0 spiro atoms. The minimum absolute atomic E-state index is 0.673. The molecule has 0 amide bonds. The maximum absolute atomic E-state index is 8.80. The molecule has 2 aromatic rings. The molecule has 2 rings (SSSR count). The van der Waals surface area contributed by atoms with Crippen molar-refractivity contribution in [3.8, 4) is 17.2 Å². The number of nitrogens with one attached hydrogen (secondary N) is 1. The lowest BCUT2D eigenvalue weighted by Gasteiger charge is -2.06. The minimum Gasteiger partial charge on any atom is -0.367 e. The molecule has 0 aliphatic carbocycles. The van der Waals surface area contributed by atoms with E-state index in [1.165, 1.54) is 0 Å². The molecule has 2 nitrogen and oxygen atoms in total. The standard InChI is InChI=1S/C13H10N2S/c1-9-6-10(7-14)2-3-11(9)12-8-15-5-4-13(12)16/h2-6,8H,1H3,(H,15,16). The van der Waals surface area contributed by atoms with Gasteiger partial charge in [0.05, 0.1) is 11.6 Å². The highest BCUT2D eigenvalue weighted by atomic mass is 32.1. The molecule has 0 saturated carbocycles. The van der Waals surface area contributed by atoms with Crippen molar-refractivity contribution in [1.82, 2.24) is 4.98 Å². The summed E-state index contributed by atoms with van der Waals surface area (Å²) in [5, 5.41) is 8.80. The first kappa shape index (κ1) is 10.6. The number of nitrogens with zero attached hydrogens (tertiary/aromatic N) is 1. The molecule has 16 heavy (non-hydrogen) atoms. The monoisotopic (exact) mass is 226 g/mol. The molecule has 0 aliphatic heterocycles. The summed E-state index contributed by atoms with van der Waals surface area (Å²) in [6.45, 7) is 1.98. The van der Waals surface area contributed by atoms with E-state index in [1.54, 1.807) is 0 Å². The van der Waals surface area contributed by atoms with E-state index in [2.05, 4.69) is 11.1 Å². The van der Waals surface area contributed by atoms with E-state index in [0.29, 0.717) is 5.56 Å². The van der Waals surface area contributed by atoms with Crippen LogP contribution >= 0.6 is 12.2 Å². The number of hydrogen-bond donors (Lipinski definition) is 1. The Hall–Kier alpha value is -1.92. The molecule has 1 N–H and O–H groups in total. The van der Waals surface area contributed by atoms with Gasteiger partial charge in [0.1, 0.15) is 0 Å². The Morgan fingerprint density at radius 2 is 2.06 bits per heavy atom. The summed E-state index contributed by atoms with van der Waals surface area (Å²) < 4.78 is 0.812. The second kappa shape index (κ2) is 4.30. The highest BCUT2D eigenvalue weighted by Crippen LogP contribution is 2.24. The van der Waals surface area contributed by atoms with E-state index in [0.717, 1.165) is 21.2 Å². The van der Waals surface area contributed by atoms with E-state index in [-0.39, 0.29) is 0 Å². The number of hydrogen-bond acceptors (Lipinski definition) is 2. The molecule has 0 radical (unpaired) electrons. The molecule has 0 unspecified atom stereocenters. The van der Waals surface area contributed by atoms with E-state index in [9.17, 15) is 0 Å². The lowest BCUT2D eigenvalue weighted by Crippen LogP contribution is -1.87. The summed E-state index contributed by atoms with van der Waals surface area (Å²) in [5.74, 6) is 0. The van der Waals surface area contributed by atoms with Crippen LogP contribution < -0.4 is 0 Å². The third kappa shape index (κ3) is 1.88. The molecule has 1 aromatic heterocycles. The van der Waals surface area contributed by atoms with Crippen LogP contribution in [0.15, 0.2) is 36.7 Å². The first-order chi connectivity index (χ1) is 7.72. The number of aromatic amines is 1. The number of benzene rings is 1. The van der Waals surface area contributed by atoms with Gasteiger partial charge in [0.25, 0.3) is 0 Å². The fourth-order valence-electron chi connectivity index (χ4n) is 1.66. The van der Waals surface area contributed by atoms with Gasteiger partial charge in [0.2, 0.25) is 0 Å². The zero-order chi connectivity index (χ0) is 11.5. The van der Waals surface area contributed by atoms with Gasteiger partial charge >= 0.3 is 0 Å². The molecule has 0 fully saturated rings. The average molecular weight is 226 g/mol. The SMILES string of the molecule is Cc1cc(C#N)ccc1-c1c[nH]ccc1=S. The van der Waals surface area contributed by atoms with E-state index in [1.807, 2.05) is 43.6 Å². The van der Waals surface area contributed by atoms with Gasteiger partial charge in [-0.1, -0.05) is 18.3 Å². The summed E-state index contributed by atoms with van der Waals surface area (Å²) in [6, 6.07) is 9.61. The van der Waals surface area contributed by atoms with Gasteiger partial charge in [-0.15, -0.1) is 0 Å². The van der Waals surface area contributed by atoms with Crippen molar-refractivity contribution < 1.29 is 0 Å². The van der Waals surface area contributed by atoms with Crippen LogP contribution in [0.2, 0.25) is 0 Å². The molecule has 1 aromatic carbocycles. The Kier molecular flexibility index (Phi) is 2.84. The second-order valence-corrected chi connectivity index (χ2v) is 4.00. The van der Waals surface area contributed by atoms with E-state index < -0.39 is 0 Å². The van der Waals surface area contributed by atoms with Crippen molar-refractivity contribution in [3.05, 3.63) is 52.3 Å². The highest BCUT2D eigenvalue weighted by Gasteiger charge is 2.04. The number of rotatable bonds is 1. The van der Waals surface area contributed by atoms with Crippen LogP contribution in [-0.4, -0.2) is 4.98 Å². The first-order valence-electron chi connectivity index (χ1n) is 4.90. The summed E-state index contributed by atoms with van der Waals surface area (Å²) >= 11 is 5.27. The Bertz CT molecular complexity index is 620. The molecular formula is C13H10N2S. The summed E-state index contributed by atoms with van der Waals surface area (Å²) in [6.07, 6.45) is 3.70. The van der Waals surface area contributed by atoms with Crippen LogP contribution in [0.4, 0.5) is 0 Å². The van der Waals surface area contributed by atoms with E-state index in [4.69, 9.17) is 17.5 Å². The van der Waals surface area contributed by atoms with Crippen molar-refractivity contribution in [2.45, 2.75) is 6.92 Å². The Labute approximate surface area is 99.2 Å². The fraction of sp³-hybridized carbons (Fsp3) is 0.0769. The van der Waals surface area contributed by atoms with Crippen molar-refractivity contribution in [3.63, 3.8) is 0 Å². The van der Waals surface area contributed by atoms with Crippen molar-refractivity contribution in [1.29, 1.82) is 5.26 Å². The highest BCUT2D eigenvalue weighted by molar-refractivity contribution is 7.71. The smallest absolute Gasteiger partial charge is 0.0991 e. The van der Waals surface area contributed by atoms with Crippen molar-refractivity contribution >= 4 is 12.2 Å². The van der Waals surface area contributed by atoms with Crippen LogP contribution in [0.3, 0.4) is 0 Å². The van der Waals surface area contributed by atoms with Crippen LogP contribution in [0.25, 0.3) is 11.1 Å². The maximum atomic E-state index is 8.80. The summed E-state index contributed by atoms with van der Waals surface area (Å²) in [7, 11) is 0. The largest absolute Gasteiger partial charge is 0.367 e. The maximum Gasteiger partial charge on any atom is 0.0991 e. The third-order valence-corrected chi connectivity index (χ3v) is 2.83. The molecule has 0 aliphatic rings. The van der Waals surface area contributed by atoms with Crippen LogP contribution in [0.5, 0.6) is 0 Å². The van der Waals surface area contributed by atoms with Gasteiger partial charge in [0.15, 0.2) is 0 Å². The number of aromatic nitrogens is 1. The van der Waals surface area contributed by atoms with Crippen LogP contribution in [-0.2, 0) is 0 Å². The summed E-state index contributed by atoms with van der Waals surface area (Å²) in [4.78, 5) is 3.02. The number of aryl methyl sites for hydroxylation is 1. The number of pyridine rings is 1. The van der Waals surface area contributed by atoms with Crippen molar-refractivity contribution in [2.75, 3.05) is 0 Å². The minimum atomic E-state index is 0.673. The lowest BCUT2D eigenvalue weighted by atomic mass is 10.0. The zero-order valence-corrected chi connectivity index (χ0v) is 9.64. The normalized spacial score (nSPS) is 9.75. The van der Waals surface area contributed by atoms with Crippen LogP contribution in [0, 0.1) is 22.8 Å². The van der Waals surface area contributed by atoms with Crippen molar-refractivity contribution in [2.24, 2.45) is 0 Å². The number of H-pyrrole nitrogens is 1. The number of nitriles is 1. The van der Waals surface area contributed by atoms with Gasteiger partial charge in [-0.2, -0.15) is 5.26 Å². The van der Waals surface area contributed by atoms with Gasteiger partial charge < -0.3 is 4.98 Å². The first-order valence-corrected chi connectivity index (χ1v) is 5.31. The Morgan fingerprint density at radius 3 is 2.69 bits per heavy atom. The molecule has 0 saturated heterocycles. The molecule has 1 heterocycles. The van der Waals surface area contributed by atoms with Gasteiger partial charge in [-0.05, 0) is 36.2 Å². The molecular weight excluding hydrogens is 216 g/mol. The molecule has 78 valence electrons. The molecule has 0 atom stereocenters. The Balaban J connectivity index is 2.63. The molecule has 3 heteroatoms. The summed E-state index contributed by atoms with van der Waals surface area (Å²) in [5.41, 5.74) is 3.80. The zero-order valence-electron chi connectivity index (χ0n) is 8.82. The quantitative estimate of drug-likeness (QED) is 0.755. The van der Waals surface area contributed by atoms with Gasteiger partial charge in [-0.3, -0.25) is 0 Å².